The first-order chi connectivity index (χ1) is 12.7. The van der Waals surface area contributed by atoms with Crippen LogP contribution in [0, 0.1) is 6.92 Å². The maximum atomic E-state index is 12.4. The number of benzene rings is 1. The van der Waals surface area contributed by atoms with Crippen LogP contribution in [0.25, 0.3) is 17.3 Å². The molecule has 1 aromatic carbocycles. The van der Waals surface area contributed by atoms with E-state index in [1.807, 2.05) is 52.8 Å². The lowest BCUT2D eigenvalue weighted by Gasteiger charge is -2.15. The minimum Gasteiger partial charge on any atom is -0.461 e. The van der Waals surface area contributed by atoms with E-state index in [0.29, 0.717) is 22.5 Å². The second-order valence-corrected chi connectivity index (χ2v) is 7.27. The highest BCUT2D eigenvalue weighted by Crippen LogP contribution is 2.28. The van der Waals surface area contributed by atoms with Gasteiger partial charge in [0.05, 0.1) is 12.0 Å². The summed E-state index contributed by atoms with van der Waals surface area (Å²) < 4.78 is 7.46. The van der Waals surface area contributed by atoms with Crippen molar-refractivity contribution in [2.24, 2.45) is 0 Å². The molecule has 0 radical (unpaired) electrons. The number of amides is 1. The molecule has 4 rings (SSSR count). The minimum atomic E-state index is 0.158. The zero-order valence-electron chi connectivity index (χ0n) is 14.6. The van der Waals surface area contributed by atoms with Crippen molar-refractivity contribution in [2.75, 3.05) is 18.8 Å². The topological polar surface area (TPSA) is 64.2 Å². The number of furan rings is 1. The van der Waals surface area contributed by atoms with E-state index in [-0.39, 0.29) is 5.91 Å². The maximum Gasteiger partial charge on any atom is 0.233 e. The van der Waals surface area contributed by atoms with Gasteiger partial charge in [-0.2, -0.15) is 0 Å². The Balaban J connectivity index is 1.63. The van der Waals surface area contributed by atoms with Crippen LogP contribution < -0.4 is 0 Å². The van der Waals surface area contributed by atoms with Gasteiger partial charge in [-0.3, -0.25) is 9.36 Å². The van der Waals surface area contributed by atoms with Crippen molar-refractivity contribution in [3.05, 3.63) is 48.2 Å². The number of thioether (sulfide) groups is 1. The van der Waals surface area contributed by atoms with Gasteiger partial charge in [0.2, 0.25) is 11.7 Å². The summed E-state index contributed by atoms with van der Waals surface area (Å²) in [6.07, 6.45) is 3.81. The van der Waals surface area contributed by atoms with Crippen LogP contribution in [-0.2, 0) is 4.79 Å². The van der Waals surface area contributed by atoms with Crippen molar-refractivity contribution in [3.8, 4) is 17.3 Å². The molecule has 2 aromatic heterocycles. The summed E-state index contributed by atoms with van der Waals surface area (Å²) in [6.45, 7) is 3.77. The monoisotopic (exact) mass is 368 g/mol. The van der Waals surface area contributed by atoms with Crippen LogP contribution in [0.2, 0.25) is 0 Å². The number of aromatic nitrogens is 3. The van der Waals surface area contributed by atoms with Crippen molar-refractivity contribution in [1.82, 2.24) is 19.7 Å². The van der Waals surface area contributed by atoms with Gasteiger partial charge in [0, 0.05) is 18.8 Å². The molecule has 0 saturated carbocycles. The highest BCUT2D eigenvalue weighted by molar-refractivity contribution is 7.99. The summed E-state index contributed by atoms with van der Waals surface area (Å²) in [7, 11) is 0. The lowest BCUT2D eigenvalue weighted by Crippen LogP contribution is -2.29. The molecule has 6 nitrogen and oxygen atoms in total. The Bertz CT molecular complexity index is 881. The van der Waals surface area contributed by atoms with Gasteiger partial charge in [0.1, 0.15) is 0 Å². The average molecular weight is 368 g/mol. The third-order valence-corrected chi connectivity index (χ3v) is 5.36. The predicted molar refractivity (Wildman–Crippen MR) is 100 cm³/mol. The summed E-state index contributed by atoms with van der Waals surface area (Å²) in [6, 6.07) is 11.8. The molecular formula is C19H20N4O2S. The third-order valence-electron chi connectivity index (χ3n) is 4.45. The van der Waals surface area contributed by atoms with Gasteiger partial charge in [-0.25, -0.2) is 0 Å². The van der Waals surface area contributed by atoms with Crippen molar-refractivity contribution in [1.29, 1.82) is 0 Å². The molecule has 1 amide bonds. The largest absolute Gasteiger partial charge is 0.461 e. The van der Waals surface area contributed by atoms with Gasteiger partial charge in [-0.1, -0.05) is 29.5 Å². The molecule has 1 aliphatic rings. The Morgan fingerprint density at radius 1 is 1.15 bits per heavy atom. The molecule has 0 atom stereocenters. The van der Waals surface area contributed by atoms with Gasteiger partial charge in [0.25, 0.3) is 0 Å². The Morgan fingerprint density at radius 2 is 1.92 bits per heavy atom. The van der Waals surface area contributed by atoms with Crippen LogP contribution in [0.3, 0.4) is 0 Å². The quantitative estimate of drug-likeness (QED) is 0.645. The second kappa shape index (κ2) is 7.37. The summed E-state index contributed by atoms with van der Waals surface area (Å²) in [5, 5.41) is 9.31. The van der Waals surface area contributed by atoms with E-state index in [9.17, 15) is 4.79 Å². The molecule has 1 fully saturated rings. The van der Waals surface area contributed by atoms with Crippen LogP contribution in [0.5, 0.6) is 0 Å². The standard InChI is InChI=1S/C19H20N4O2S/c1-14-6-8-15(9-7-14)23-18(16-5-4-12-25-16)20-21-19(23)26-13-17(24)22-10-2-3-11-22/h4-9,12H,2-3,10-11,13H2,1H3. The van der Waals surface area contributed by atoms with Gasteiger partial charge >= 0.3 is 0 Å². The predicted octanol–water partition coefficient (Wildman–Crippen LogP) is 3.55. The molecule has 26 heavy (non-hydrogen) atoms. The molecule has 0 N–H and O–H groups in total. The SMILES string of the molecule is Cc1ccc(-n2c(SCC(=O)N3CCCC3)nnc2-c2ccco2)cc1. The van der Waals surface area contributed by atoms with Gasteiger partial charge in [-0.05, 0) is 44.0 Å². The Labute approximate surface area is 156 Å². The summed E-state index contributed by atoms with van der Waals surface area (Å²) in [4.78, 5) is 14.3. The first-order valence-corrected chi connectivity index (χ1v) is 9.68. The third kappa shape index (κ3) is 3.39. The number of carbonyl (C=O) groups excluding carboxylic acids is 1. The van der Waals surface area contributed by atoms with Gasteiger partial charge in [-0.15, -0.1) is 10.2 Å². The zero-order chi connectivity index (χ0) is 17.9. The number of hydrogen-bond acceptors (Lipinski definition) is 5. The number of likely N-dealkylation sites (tertiary alicyclic amines) is 1. The van der Waals surface area contributed by atoms with Crippen LogP contribution in [0.4, 0.5) is 0 Å². The van der Waals surface area contributed by atoms with E-state index in [1.54, 1.807) is 6.26 Å². The molecule has 134 valence electrons. The van der Waals surface area contributed by atoms with Gasteiger partial charge in [0.15, 0.2) is 10.9 Å². The molecule has 3 aromatic rings. The lowest BCUT2D eigenvalue weighted by molar-refractivity contribution is -0.127. The molecule has 0 unspecified atom stereocenters. The van der Waals surface area contributed by atoms with Crippen LogP contribution in [0.1, 0.15) is 18.4 Å². The first-order valence-electron chi connectivity index (χ1n) is 8.69. The summed E-state index contributed by atoms with van der Waals surface area (Å²) in [5.74, 6) is 1.80. The van der Waals surface area contributed by atoms with E-state index in [1.165, 1.54) is 17.3 Å². The Kier molecular flexibility index (Phi) is 4.79. The van der Waals surface area contributed by atoms with Crippen LogP contribution >= 0.6 is 11.8 Å². The van der Waals surface area contributed by atoms with Crippen LogP contribution in [0.15, 0.2) is 52.2 Å². The summed E-state index contributed by atoms with van der Waals surface area (Å²) in [5.41, 5.74) is 2.13. The fourth-order valence-electron chi connectivity index (χ4n) is 3.04. The van der Waals surface area contributed by atoms with Crippen molar-refractivity contribution >= 4 is 17.7 Å². The number of hydrogen-bond donors (Lipinski definition) is 0. The van der Waals surface area contributed by atoms with Crippen molar-refractivity contribution in [2.45, 2.75) is 24.9 Å². The molecule has 0 spiro atoms. The minimum absolute atomic E-state index is 0.158. The van der Waals surface area contributed by atoms with Gasteiger partial charge < -0.3 is 9.32 Å². The molecule has 0 bridgehead atoms. The highest BCUT2D eigenvalue weighted by Gasteiger charge is 2.22. The fraction of sp³-hybridized carbons (Fsp3) is 0.316. The summed E-state index contributed by atoms with van der Waals surface area (Å²) >= 11 is 1.42. The maximum absolute atomic E-state index is 12.4. The first kappa shape index (κ1) is 16.9. The van der Waals surface area contributed by atoms with Crippen LogP contribution in [-0.4, -0.2) is 44.4 Å². The Hall–Kier alpha value is -2.54. The number of carbonyl (C=O) groups is 1. The van der Waals surface area contributed by atoms with E-state index < -0.39 is 0 Å². The Morgan fingerprint density at radius 3 is 2.62 bits per heavy atom. The normalized spacial score (nSPS) is 14.1. The molecule has 3 heterocycles. The lowest BCUT2D eigenvalue weighted by atomic mass is 10.2. The van der Waals surface area contributed by atoms with E-state index in [0.717, 1.165) is 31.6 Å². The average Bonchev–Trinajstić information content (AvgIpc) is 3.41. The fourth-order valence-corrected chi connectivity index (χ4v) is 3.89. The molecule has 1 aliphatic heterocycles. The van der Waals surface area contributed by atoms with Crippen molar-refractivity contribution in [3.63, 3.8) is 0 Å². The zero-order valence-corrected chi connectivity index (χ0v) is 15.4. The van der Waals surface area contributed by atoms with E-state index >= 15 is 0 Å². The second-order valence-electron chi connectivity index (χ2n) is 6.33. The highest BCUT2D eigenvalue weighted by atomic mass is 32.2. The number of aryl methyl sites for hydroxylation is 1. The van der Waals surface area contributed by atoms with E-state index in [4.69, 9.17) is 4.42 Å². The number of nitrogens with zero attached hydrogens (tertiary/aromatic N) is 4. The number of rotatable bonds is 5. The van der Waals surface area contributed by atoms with Crippen molar-refractivity contribution < 1.29 is 9.21 Å². The smallest absolute Gasteiger partial charge is 0.233 e. The molecular weight excluding hydrogens is 348 g/mol. The molecule has 7 heteroatoms. The molecule has 1 saturated heterocycles. The molecule has 0 aliphatic carbocycles. The van der Waals surface area contributed by atoms with E-state index in [2.05, 4.69) is 10.2 Å².